The van der Waals surface area contributed by atoms with Crippen molar-refractivity contribution in [1.82, 2.24) is 15.5 Å². The van der Waals surface area contributed by atoms with E-state index in [0.29, 0.717) is 0 Å². The van der Waals surface area contributed by atoms with Crippen LogP contribution in [0.2, 0.25) is 0 Å². The normalized spacial score (nSPS) is 16.0. The van der Waals surface area contributed by atoms with Crippen LogP contribution < -0.4 is 10.6 Å². The fourth-order valence-electron chi connectivity index (χ4n) is 3.87. The van der Waals surface area contributed by atoms with Crippen molar-refractivity contribution >= 4 is 17.8 Å². The summed E-state index contributed by atoms with van der Waals surface area (Å²) in [6.45, 7) is 13.1. The molecule has 0 aliphatic heterocycles. The zero-order valence-electron chi connectivity index (χ0n) is 21.5. The number of rotatable bonds is 10. The van der Waals surface area contributed by atoms with Gasteiger partial charge in [-0.15, -0.1) is 0 Å². The Hall–Kier alpha value is -2.67. The lowest BCUT2D eigenvalue weighted by Crippen LogP contribution is -2.59. The van der Waals surface area contributed by atoms with E-state index in [9.17, 15) is 19.5 Å². The topological polar surface area (TPSA) is 98.7 Å². The molecule has 1 aromatic carbocycles. The lowest BCUT2D eigenvalue weighted by Gasteiger charge is -2.38. The Kier molecular flexibility index (Phi) is 10.3. The minimum Gasteiger partial charge on any atom is -0.478 e. The van der Waals surface area contributed by atoms with E-state index in [1.54, 1.807) is 25.1 Å². The van der Waals surface area contributed by atoms with Crippen LogP contribution in [0, 0.1) is 11.3 Å². The SMILES string of the molecule is CN[C@H](C(=O)N[C@H](C(=O)N(C)[C@H](/C=C(\C)C(=O)O)C(C)C)C(C)(C)C)[C@H](C)c1ccccc1. The second-order valence-electron chi connectivity index (χ2n) is 10.1. The number of hydrogen-bond acceptors (Lipinski definition) is 4. The number of benzene rings is 1. The van der Waals surface area contributed by atoms with Gasteiger partial charge in [-0.2, -0.15) is 0 Å². The van der Waals surface area contributed by atoms with Gasteiger partial charge in [-0.05, 0) is 30.9 Å². The number of carboxylic acids is 1. The first-order valence-corrected chi connectivity index (χ1v) is 11.4. The third kappa shape index (κ3) is 7.70. The standard InChI is InChI=1S/C26H41N3O4/c1-16(2)20(15-17(3)25(32)33)29(9)24(31)22(26(5,6)7)28-23(30)21(27-8)18(4)19-13-11-10-12-14-19/h10-16,18,20-22,27H,1-9H3,(H,28,30)(H,32,33)/b17-15+/t18-,20-,21+,22-/m1/s1. The van der Waals surface area contributed by atoms with Gasteiger partial charge in [0.15, 0.2) is 0 Å². The molecule has 1 rings (SSSR count). The maximum Gasteiger partial charge on any atom is 0.331 e. The van der Waals surface area contributed by atoms with Crippen molar-refractivity contribution in [3.8, 4) is 0 Å². The molecule has 0 saturated carbocycles. The van der Waals surface area contributed by atoms with Crippen molar-refractivity contribution in [1.29, 1.82) is 0 Å². The minimum atomic E-state index is -1.02. The monoisotopic (exact) mass is 459 g/mol. The Morgan fingerprint density at radius 1 is 1.06 bits per heavy atom. The van der Waals surface area contributed by atoms with E-state index >= 15 is 0 Å². The van der Waals surface area contributed by atoms with E-state index in [4.69, 9.17) is 0 Å². The lowest BCUT2D eigenvalue weighted by molar-refractivity contribution is -0.140. The van der Waals surface area contributed by atoms with E-state index in [0.717, 1.165) is 5.56 Å². The predicted molar refractivity (Wildman–Crippen MR) is 132 cm³/mol. The van der Waals surface area contributed by atoms with Crippen LogP contribution in [0.1, 0.15) is 59.9 Å². The summed E-state index contributed by atoms with van der Waals surface area (Å²) in [4.78, 5) is 39.8. The van der Waals surface area contributed by atoms with Gasteiger partial charge in [0.05, 0.1) is 12.1 Å². The Balaban J connectivity index is 3.20. The zero-order valence-corrected chi connectivity index (χ0v) is 21.5. The summed E-state index contributed by atoms with van der Waals surface area (Å²) in [5.74, 6) is -1.64. The molecule has 7 heteroatoms. The van der Waals surface area contributed by atoms with E-state index in [-0.39, 0.29) is 29.2 Å². The highest BCUT2D eigenvalue weighted by Gasteiger charge is 2.38. The lowest BCUT2D eigenvalue weighted by atomic mass is 9.84. The molecule has 3 N–H and O–H groups in total. The summed E-state index contributed by atoms with van der Waals surface area (Å²) in [7, 11) is 3.39. The van der Waals surface area contributed by atoms with Crippen LogP contribution in [0.15, 0.2) is 42.0 Å². The van der Waals surface area contributed by atoms with Gasteiger partial charge in [0.25, 0.3) is 0 Å². The van der Waals surface area contributed by atoms with Crippen molar-refractivity contribution in [3.63, 3.8) is 0 Å². The largest absolute Gasteiger partial charge is 0.478 e. The highest BCUT2D eigenvalue weighted by atomic mass is 16.4. The number of hydrogen-bond donors (Lipinski definition) is 3. The maximum atomic E-state index is 13.6. The van der Waals surface area contributed by atoms with Crippen molar-refractivity contribution in [2.45, 2.75) is 72.5 Å². The minimum absolute atomic E-state index is 0.00673. The molecule has 7 nitrogen and oxygen atoms in total. The summed E-state index contributed by atoms with van der Waals surface area (Å²) in [5.41, 5.74) is 0.649. The highest BCUT2D eigenvalue weighted by molar-refractivity contribution is 5.91. The first kappa shape index (κ1) is 28.4. The van der Waals surface area contributed by atoms with Crippen molar-refractivity contribution in [2.75, 3.05) is 14.1 Å². The maximum absolute atomic E-state index is 13.6. The van der Waals surface area contributed by atoms with Gasteiger partial charge < -0.3 is 20.6 Å². The molecule has 0 aliphatic rings. The van der Waals surface area contributed by atoms with E-state index < -0.39 is 29.5 Å². The molecule has 0 aliphatic carbocycles. The van der Waals surface area contributed by atoms with Gasteiger partial charge in [-0.25, -0.2) is 4.79 Å². The fraction of sp³-hybridized carbons (Fsp3) is 0.577. The van der Waals surface area contributed by atoms with E-state index in [1.165, 1.54) is 6.92 Å². The molecular weight excluding hydrogens is 418 g/mol. The molecule has 2 amide bonds. The van der Waals surface area contributed by atoms with Crippen molar-refractivity contribution in [2.24, 2.45) is 11.3 Å². The molecular formula is C26H41N3O4. The fourth-order valence-corrected chi connectivity index (χ4v) is 3.87. The Labute approximate surface area is 198 Å². The Morgan fingerprint density at radius 3 is 2.03 bits per heavy atom. The first-order chi connectivity index (χ1) is 15.2. The molecule has 33 heavy (non-hydrogen) atoms. The molecule has 0 saturated heterocycles. The van der Waals surface area contributed by atoms with Crippen LogP contribution in [0.3, 0.4) is 0 Å². The summed E-state index contributed by atoms with van der Waals surface area (Å²) in [5, 5.41) is 15.4. The summed E-state index contributed by atoms with van der Waals surface area (Å²) in [6.07, 6.45) is 1.60. The number of carbonyl (C=O) groups excluding carboxylic acids is 2. The first-order valence-electron chi connectivity index (χ1n) is 11.4. The third-order valence-electron chi connectivity index (χ3n) is 6.05. The summed E-state index contributed by atoms with van der Waals surface area (Å²) >= 11 is 0. The van der Waals surface area contributed by atoms with Crippen LogP contribution in [0.25, 0.3) is 0 Å². The number of aliphatic carboxylic acids is 1. The number of carboxylic acid groups (broad SMARTS) is 1. The molecule has 0 radical (unpaired) electrons. The highest BCUT2D eigenvalue weighted by Crippen LogP contribution is 2.25. The van der Waals surface area contributed by atoms with Crippen LogP contribution in [0.4, 0.5) is 0 Å². The quantitative estimate of drug-likeness (QED) is 0.466. The average Bonchev–Trinajstić information content (AvgIpc) is 2.74. The molecule has 0 spiro atoms. The Morgan fingerprint density at radius 2 is 1.61 bits per heavy atom. The average molecular weight is 460 g/mol. The summed E-state index contributed by atoms with van der Waals surface area (Å²) in [6, 6.07) is 8.04. The Bertz CT molecular complexity index is 843. The van der Waals surface area contributed by atoms with Gasteiger partial charge in [0.2, 0.25) is 11.8 Å². The van der Waals surface area contributed by atoms with Gasteiger partial charge in [-0.1, -0.05) is 78.0 Å². The van der Waals surface area contributed by atoms with Crippen LogP contribution >= 0.6 is 0 Å². The van der Waals surface area contributed by atoms with Gasteiger partial charge in [-0.3, -0.25) is 9.59 Å². The van der Waals surface area contributed by atoms with Crippen LogP contribution in [0.5, 0.6) is 0 Å². The molecule has 0 unspecified atom stereocenters. The van der Waals surface area contributed by atoms with Gasteiger partial charge in [0.1, 0.15) is 6.04 Å². The molecule has 0 bridgehead atoms. The molecule has 0 heterocycles. The molecule has 0 fully saturated rings. The third-order valence-corrected chi connectivity index (χ3v) is 6.05. The summed E-state index contributed by atoms with van der Waals surface area (Å²) < 4.78 is 0. The number of likely N-dealkylation sites (N-methyl/N-ethyl adjacent to an activating group) is 2. The van der Waals surface area contributed by atoms with Crippen molar-refractivity contribution in [3.05, 3.63) is 47.5 Å². The smallest absolute Gasteiger partial charge is 0.331 e. The molecule has 184 valence electrons. The van der Waals surface area contributed by atoms with Gasteiger partial charge in [0, 0.05) is 18.5 Å². The van der Waals surface area contributed by atoms with E-state index in [1.807, 2.05) is 71.9 Å². The molecule has 4 atom stereocenters. The number of nitrogens with one attached hydrogen (secondary N) is 2. The van der Waals surface area contributed by atoms with Crippen molar-refractivity contribution < 1.29 is 19.5 Å². The number of nitrogens with zero attached hydrogens (tertiary/aromatic N) is 1. The second-order valence-corrected chi connectivity index (χ2v) is 10.1. The number of amides is 2. The molecule has 1 aromatic rings. The number of carbonyl (C=O) groups is 3. The van der Waals surface area contributed by atoms with Gasteiger partial charge >= 0.3 is 5.97 Å². The second kappa shape index (κ2) is 12.0. The zero-order chi connectivity index (χ0) is 25.5. The van der Waals surface area contributed by atoms with E-state index in [2.05, 4.69) is 10.6 Å². The predicted octanol–water partition coefficient (Wildman–Crippen LogP) is 3.42. The van der Waals surface area contributed by atoms with Crippen LogP contribution in [-0.4, -0.2) is 60.0 Å². The molecule has 0 aromatic heterocycles. The van der Waals surface area contributed by atoms with Crippen LogP contribution in [-0.2, 0) is 14.4 Å².